The Morgan fingerprint density at radius 1 is 1.00 bits per heavy atom. The van der Waals surface area contributed by atoms with Crippen LogP contribution in [0, 0.1) is 0 Å². The van der Waals surface area contributed by atoms with Gasteiger partial charge in [-0.1, -0.05) is 66.9 Å². The van der Waals surface area contributed by atoms with Crippen molar-refractivity contribution in [3.05, 3.63) is 70.7 Å². The summed E-state index contributed by atoms with van der Waals surface area (Å²) in [6, 6.07) is 18.8. The number of nitrogens with zero attached hydrogens (tertiary/aromatic N) is 1. The number of carbonyl (C=O) groups excluding carboxylic acids is 1. The quantitative estimate of drug-likeness (QED) is 0.776. The van der Waals surface area contributed by atoms with Gasteiger partial charge < -0.3 is 5.32 Å². The summed E-state index contributed by atoms with van der Waals surface area (Å²) in [5, 5.41) is 4.13. The Morgan fingerprint density at radius 3 is 2.29 bits per heavy atom. The van der Waals surface area contributed by atoms with Crippen LogP contribution in [0.15, 0.2) is 54.6 Å². The average molecular weight is 397 g/mol. The van der Waals surface area contributed by atoms with E-state index in [1.807, 2.05) is 24.3 Å². The van der Waals surface area contributed by atoms with Gasteiger partial charge >= 0.3 is 0 Å². The largest absolute Gasteiger partial charge is 0.353 e. The molecule has 0 bridgehead atoms. The molecule has 4 heteroatoms. The molecule has 1 heterocycles. The van der Waals surface area contributed by atoms with Gasteiger partial charge in [0.15, 0.2) is 0 Å². The second-order valence-electron chi connectivity index (χ2n) is 8.31. The summed E-state index contributed by atoms with van der Waals surface area (Å²) in [4.78, 5) is 15.8. The molecule has 2 aromatic rings. The van der Waals surface area contributed by atoms with E-state index in [1.54, 1.807) is 0 Å². The minimum atomic E-state index is -0.369. The highest BCUT2D eigenvalue weighted by molar-refractivity contribution is 6.30. The fourth-order valence-corrected chi connectivity index (χ4v) is 4.92. The zero-order chi connectivity index (χ0) is 19.4. The number of halogens is 1. The van der Waals surface area contributed by atoms with E-state index in [9.17, 15) is 4.79 Å². The fraction of sp³-hybridized carbons (Fsp3) is 0.458. The van der Waals surface area contributed by atoms with Crippen molar-refractivity contribution < 1.29 is 4.79 Å². The molecule has 0 aromatic heterocycles. The van der Waals surface area contributed by atoms with Gasteiger partial charge in [0.1, 0.15) is 0 Å². The van der Waals surface area contributed by atoms with Crippen LogP contribution in [0.1, 0.15) is 49.7 Å². The lowest BCUT2D eigenvalue weighted by Gasteiger charge is -2.35. The van der Waals surface area contributed by atoms with Gasteiger partial charge in [-0.15, -0.1) is 0 Å². The first-order chi connectivity index (χ1) is 13.7. The Hall–Kier alpha value is -1.84. The van der Waals surface area contributed by atoms with E-state index in [2.05, 4.69) is 40.5 Å². The lowest BCUT2D eigenvalue weighted by atomic mass is 9.77. The molecule has 28 heavy (non-hydrogen) atoms. The number of hydrogen-bond acceptors (Lipinski definition) is 2. The number of carbonyl (C=O) groups is 1. The van der Waals surface area contributed by atoms with Crippen LogP contribution >= 0.6 is 11.6 Å². The van der Waals surface area contributed by atoms with E-state index in [0.29, 0.717) is 0 Å². The van der Waals surface area contributed by atoms with E-state index >= 15 is 0 Å². The van der Waals surface area contributed by atoms with Crippen molar-refractivity contribution in [2.24, 2.45) is 0 Å². The number of rotatable bonds is 5. The first kappa shape index (κ1) is 19.5. The van der Waals surface area contributed by atoms with Gasteiger partial charge in [-0.3, -0.25) is 9.69 Å². The van der Waals surface area contributed by atoms with Gasteiger partial charge in [-0.25, -0.2) is 0 Å². The average Bonchev–Trinajstić information content (AvgIpc) is 3.22. The van der Waals surface area contributed by atoms with E-state index in [-0.39, 0.29) is 17.4 Å². The van der Waals surface area contributed by atoms with Crippen LogP contribution in [0.3, 0.4) is 0 Å². The lowest BCUT2D eigenvalue weighted by Crippen LogP contribution is -2.50. The number of benzene rings is 2. The van der Waals surface area contributed by atoms with Crippen molar-refractivity contribution >= 4 is 17.5 Å². The summed E-state index contributed by atoms with van der Waals surface area (Å²) in [6.45, 7) is 3.07. The topological polar surface area (TPSA) is 32.3 Å². The first-order valence-electron chi connectivity index (χ1n) is 10.5. The molecule has 2 fully saturated rings. The van der Waals surface area contributed by atoms with Crippen LogP contribution in [-0.4, -0.2) is 29.9 Å². The molecule has 2 aliphatic rings. The molecule has 0 unspecified atom stereocenters. The molecule has 2 aromatic carbocycles. The maximum atomic E-state index is 13.3. The molecule has 1 N–H and O–H groups in total. The summed E-state index contributed by atoms with van der Waals surface area (Å²) >= 11 is 6.07. The molecule has 0 atom stereocenters. The highest BCUT2D eigenvalue weighted by Gasteiger charge is 2.43. The van der Waals surface area contributed by atoms with E-state index in [1.165, 1.54) is 5.56 Å². The highest BCUT2D eigenvalue weighted by Crippen LogP contribution is 2.42. The molecule has 0 spiro atoms. The number of likely N-dealkylation sites (tertiary alicyclic amines) is 1. The molecule has 1 saturated carbocycles. The summed E-state index contributed by atoms with van der Waals surface area (Å²) < 4.78 is 0. The summed E-state index contributed by atoms with van der Waals surface area (Å²) in [5.41, 5.74) is 2.11. The van der Waals surface area contributed by atoms with Gasteiger partial charge in [-0.2, -0.15) is 0 Å². The molecule has 3 nitrogen and oxygen atoms in total. The summed E-state index contributed by atoms with van der Waals surface area (Å²) in [6.07, 6.45) is 6.16. The van der Waals surface area contributed by atoms with Gasteiger partial charge in [0.2, 0.25) is 5.91 Å². The van der Waals surface area contributed by atoms with Crippen molar-refractivity contribution in [3.8, 4) is 0 Å². The molecular weight excluding hydrogens is 368 g/mol. The molecule has 1 aliphatic heterocycles. The van der Waals surface area contributed by atoms with Crippen molar-refractivity contribution in [1.82, 2.24) is 10.2 Å². The van der Waals surface area contributed by atoms with Gasteiger partial charge in [0.05, 0.1) is 5.41 Å². The monoisotopic (exact) mass is 396 g/mol. The van der Waals surface area contributed by atoms with Gasteiger partial charge in [0.25, 0.3) is 0 Å². The SMILES string of the molecule is O=C(NC1CCN(Cc2ccccc2)CC1)C1(c2ccc(Cl)cc2)CCCC1. The maximum absolute atomic E-state index is 13.3. The summed E-state index contributed by atoms with van der Waals surface area (Å²) in [5.74, 6) is 0.217. The Labute approximate surface area is 173 Å². The van der Waals surface area contributed by atoms with E-state index in [0.717, 1.165) is 68.7 Å². The number of nitrogens with one attached hydrogen (secondary N) is 1. The standard InChI is InChI=1S/C24H29ClN2O/c25-21-10-8-20(9-11-21)24(14-4-5-15-24)23(28)26-22-12-16-27(17-13-22)18-19-6-2-1-3-7-19/h1-3,6-11,22H,4-5,12-18H2,(H,26,28). The number of piperidine rings is 1. The van der Waals surface area contributed by atoms with E-state index < -0.39 is 0 Å². The summed E-state index contributed by atoms with van der Waals surface area (Å²) in [7, 11) is 0. The minimum Gasteiger partial charge on any atom is -0.353 e. The molecular formula is C24H29ClN2O. The van der Waals surface area contributed by atoms with Crippen LogP contribution < -0.4 is 5.32 Å². The molecule has 1 aliphatic carbocycles. The fourth-order valence-electron chi connectivity index (χ4n) is 4.79. The highest BCUT2D eigenvalue weighted by atomic mass is 35.5. The van der Waals surface area contributed by atoms with Crippen LogP contribution in [0.5, 0.6) is 0 Å². The van der Waals surface area contributed by atoms with Crippen LogP contribution in [0.2, 0.25) is 5.02 Å². The number of hydrogen-bond donors (Lipinski definition) is 1. The first-order valence-corrected chi connectivity index (χ1v) is 10.9. The maximum Gasteiger partial charge on any atom is 0.230 e. The Bertz CT molecular complexity index is 776. The second kappa shape index (κ2) is 8.67. The molecule has 1 amide bonds. The van der Waals surface area contributed by atoms with Gasteiger partial charge in [0, 0.05) is 30.7 Å². The zero-order valence-electron chi connectivity index (χ0n) is 16.4. The Balaban J connectivity index is 1.36. The molecule has 0 radical (unpaired) electrons. The number of amides is 1. The van der Waals surface area contributed by atoms with Crippen molar-refractivity contribution in [1.29, 1.82) is 0 Å². The normalized spacial score (nSPS) is 20.2. The predicted molar refractivity (Wildman–Crippen MR) is 114 cm³/mol. The molecule has 1 saturated heterocycles. The zero-order valence-corrected chi connectivity index (χ0v) is 17.1. The van der Waals surface area contributed by atoms with Crippen molar-refractivity contribution in [3.63, 3.8) is 0 Å². The van der Waals surface area contributed by atoms with Crippen LogP contribution in [0.25, 0.3) is 0 Å². The van der Waals surface area contributed by atoms with Crippen LogP contribution in [-0.2, 0) is 16.8 Å². The minimum absolute atomic E-state index is 0.217. The van der Waals surface area contributed by atoms with Gasteiger partial charge in [-0.05, 0) is 48.9 Å². The Morgan fingerprint density at radius 2 is 1.64 bits per heavy atom. The third kappa shape index (κ3) is 4.26. The molecule has 148 valence electrons. The second-order valence-corrected chi connectivity index (χ2v) is 8.74. The van der Waals surface area contributed by atoms with E-state index in [4.69, 9.17) is 11.6 Å². The smallest absolute Gasteiger partial charge is 0.230 e. The molecule has 4 rings (SSSR count). The van der Waals surface area contributed by atoms with Crippen molar-refractivity contribution in [2.75, 3.05) is 13.1 Å². The Kier molecular flexibility index (Phi) is 6.03. The lowest BCUT2D eigenvalue weighted by molar-refractivity contribution is -0.127. The predicted octanol–water partition coefficient (Wildman–Crippen LogP) is 4.93. The third-order valence-corrected chi connectivity index (χ3v) is 6.71. The third-order valence-electron chi connectivity index (χ3n) is 6.46. The van der Waals surface area contributed by atoms with Crippen LogP contribution in [0.4, 0.5) is 0 Å². The van der Waals surface area contributed by atoms with Crippen molar-refractivity contribution in [2.45, 2.75) is 56.5 Å².